The average Bonchev–Trinajstić information content (AvgIpc) is 2.09. The van der Waals surface area contributed by atoms with Crippen molar-refractivity contribution in [3.05, 3.63) is 0 Å². The van der Waals surface area contributed by atoms with Crippen molar-refractivity contribution in [2.24, 2.45) is 5.41 Å². The summed E-state index contributed by atoms with van der Waals surface area (Å²) in [4.78, 5) is 13.8. The fraction of sp³-hybridized carbons (Fsp3) is 0.917. The van der Waals surface area contributed by atoms with Gasteiger partial charge in [0.2, 0.25) is 0 Å². The molecule has 0 aromatic rings. The van der Waals surface area contributed by atoms with E-state index in [1.807, 2.05) is 20.8 Å². The van der Waals surface area contributed by atoms with Crippen LogP contribution in [0.25, 0.3) is 0 Å². The molecule has 90 valence electrons. The maximum Gasteiger partial charge on any atom is 0.139 e. The van der Waals surface area contributed by atoms with E-state index >= 15 is 0 Å². The number of Topliss-reactive ketones (excluding diaryl/α,β-unsaturated/α-hetero) is 1. The van der Waals surface area contributed by atoms with Gasteiger partial charge in [-0.25, -0.2) is 0 Å². The lowest BCUT2D eigenvalue weighted by atomic mass is 9.89. The minimum Gasteiger partial charge on any atom is -0.395 e. The molecule has 0 fully saturated rings. The normalized spacial score (nSPS) is 12.5. The number of hydrogen-bond donors (Lipinski definition) is 1. The SMILES string of the molecule is CC(C)N(CCO)CCC(=O)C(C)(C)C. The monoisotopic (exact) mass is 215 g/mol. The summed E-state index contributed by atoms with van der Waals surface area (Å²) in [6.45, 7) is 11.5. The molecule has 0 spiro atoms. The molecule has 15 heavy (non-hydrogen) atoms. The molecule has 0 aliphatic carbocycles. The van der Waals surface area contributed by atoms with E-state index in [9.17, 15) is 4.79 Å². The van der Waals surface area contributed by atoms with Crippen LogP contribution in [0.4, 0.5) is 0 Å². The first kappa shape index (κ1) is 14.6. The minimum atomic E-state index is -0.248. The lowest BCUT2D eigenvalue weighted by Gasteiger charge is -2.26. The van der Waals surface area contributed by atoms with Crippen LogP contribution in [-0.2, 0) is 4.79 Å². The standard InChI is InChI=1S/C12H25NO2/c1-10(2)13(8-9-14)7-6-11(15)12(3,4)5/h10,14H,6-9H2,1-5H3. The first-order chi connectivity index (χ1) is 6.79. The summed E-state index contributed by atoms with van der Waals surface area (Å²) in [5.41, 5.74) is -0.248. The summed E-state index contributed by atoms with van der Waals surface area (Å²) in [6, 6.07) is 0.380. The van der Waals surface area contributed by atoms with E-state index in [0.29, 0.717) is 19.0 Å². The highest BCUT2D eigenvalue weighted by Gasteiger charge is 2.21. The van der Waals surface area contributed by atoms with Crippen molar-refractivity contribution in [1.29, 1.82) is 0 Å². The molecule has 0 radical (unpaired) electrons. The fourth-order valence-electron chi connectivity index (χ4n) is 1.38. The van der Waals surface area contributed by atoms with Crippen LogP contribution in [0.5, 0.6) is 0 Å². The molecule has 0 rings (SSSR count). The van der Waals surface area contributed by atoms with Crippen molar-refractivity contribution in [3.8, 4) is 0 Å². The minimum absolute atomic E-state index is 0.155. The van der Waals surface area contributed by atoms with Gasteiger partial charge >= 0.3 is 0 Å². The van der Waals surface area contributed by atoms with Gasteiger partial charge in [0.15, 0.2) is 0 Å². The second kappa shape index (κ2) is 6.23. The lowest BCUT2D eigenvalue weighted by Crippen LogP contribution is -2.36. The summed E-state index contributed by atoms with van der Waals surface area (Å²) in [6.07, 6.45) is 0.571. The molecule has 0 aliphatic rings. The first-order valence-corrected chi connectivity index (χ1v) is 5.67. The van der Waals surface area contributed by atoms with Crippen molar-refractivity contribution in [2.75, 3.05) is 19.7 Å². The predicted octanol–water partition coefficient (Wildman–Crippen LogP) is 1.69. The molecule has 0 aliphatic heterocycles. The largest absolute Gasteiger partial charge is 0.395 e. The summed E-state index contributed by atoms with van der Waals surface area (Å²) in [7, 11) is 0. The Morgan fingerprint density at radius 3 is 2.13 bits per heavy atom. The summed E-state index contributed by atoms with van der Waals surface area (Å²) >= 11 is 0. The number of carbonyl (C=O) groups is 1. The van der Waals surface area contributed by atoms with Crippen LogP contribution >= 0.6 is 0 Å². The molecular formula is C12H25NO2. The zero-order valence-corrected chi connectivity index (χ0v) is 10.7. The Hall–Kier alpha value is -0.410. The molecule has 0 aromatic carbocycles. The maximum absolute atomic E-state index is 11.7. The molecule has 0 aromatic heterocycles. The smallest absolute Gasteiger partial charge is 0.139 e. The van der Waals surface area contributed by atoms with Crippen LogP contribution in [0.1, 0.15) is 41.0 Å². The quantitative estimate of drug-likeness (QED) is 0.733. The molecule has 0 bridgehead atoms. The van der Waals surface area contributed by atoms with Crippen molar-refractivity contribution < 1.29 is 9.90 Å². The molecule has 0 atom stereocenters. The van der Waals surface area contributed by atoms with Crippen LogP contribution in [-0.4, -0.2) is 41.5 Å². The highest BCUT2D eigenvalue weighted by atomic mass is 16.3. The third-order valence-electron chi connectivity index (χ3n) is 2.58. The third kappa shape index (κ3) is 5.90. The van der Waals surface area contributed by atoms with Crippen molar-refractivity contribution in [1.82, 2.24) is 4.90 Å². The van der Waals surface area contributed by atoms with Crippen LogP contribution in [0.15, 0.2) is 0 Å². The van der Waals surface area contributed by atoms with Gasteiger partial charge < -0.3 is 5.11 Å². The van der Waals surface area contributed by atoms with E-state index in [2.05, 4.69) is 18.7 Å². The van der Waals surface area contributed by atoms with Crippen LogP contribution < -0.4 is 0 Å². The van der Waals surface area contributed by atoms with Crippen LogP contribution in [0, 0.1) is 5.41 Å². The number of aliphatic hydroxyl groups is 1. The van der Waals surface area contributed by atoms with E-state index in [-0.39, 0.29) is 17.8 Å². The van der Waals surface area contributed by atoms with Crippen molar-refractivity contribution in [2.45, 2.75) is 47.1 Å². The lowest BCUT2D eigenvalue weighted by molar-refractivity contribution is -0.126. The second-order valence-corrected chi connectivity index (χ2v) is 5.28. The van der Waals surface area contributed by atoms with E-state index in [4.69, 9.17) is 5.11 Å². The molecule has 0 amide bonds. The molecule has 0 unspecified atom stereocenters. The first-order valence-electron chi connectivity index (χ1n) is 5.67. The number of rotatable bonds is 6. The number of aliphatic hydroxyl groups excluding tert-OH is 1. The van der Waals surface area contributed by atoms with E-state index in [0.717, 1.165) is 6.54 Å². The van der Waals surface area contributed by atoms with Crippen molar-refractivity contribution >= 4 is 5.78 Å². The summed E-state index contributed by atoms with van der Waals surface area (Å²) in [5, 5.41) is 8.88. The number of ketones is 1. The molecular weight excluding hydrogens is 190 g/mol. The zero-order valence-electron chi connectivity index (χ0n) is 10.7. The second-order valence-electron chi connectivity index (χ2n) is 5.28. The predicted molar refractivity (Wildman–Crippen MR) is 62.9 cm³/mol. The summed E-state index contributed by atoms with van der Waals surface area (Å²) < 4.78 is 0. The van der Waals surface area contributed by atoms with Gasteiger partial charge in [-0.15, -0.1) is 0 Å². The Morgan fingerprint density at radius 2 is 1.80 bits per heavy atom. The molecule has 1 N–H and O–H groups in total. The van der Waals surface area contributed by atoms with Gasteiger partial charge in [-0.3, -0.25) is 9.69 Å². The average molecular weight is 215 g/mol. The Labute approximate surface area is 93.5 Å². The van der Waals surface area contributed by atoms with Gasteiger partial charge in [0.05, 0.1) is 6.61 Å². The van der Waals surface area contributed by atoms with Gasteiger partial charge in [0, 0.05) is 31.0 Å². The van der Waals surface area contributed by atoms with E-state index in [1.54, 1.807) is 0 Å². The number of carbonyl (C=O) groups excluding carboxylic acids is 1. The molecule has 3 heteroatoms. The number of nitrogens with zero attached hydrogens (tertiary/aromatic N) is 1. The highest BCUT2D eigenvalue weighted by Crippen LogP contribution is 2.17. The Kier molecular flexibility index (Phi) is 6.06. The zero-order chi connectivity index (χ0) is 12.1. The van der Waals surface area contributed by atoms with Gasteiger partial charge in [0.1, 0.15) is 5.78 Å². The van der Waals surface area contributed by atoms with Crippen LogP contribution in [0.3, 0.4) is 0 Å². The maximum atomic E-state index is 11.7. The Morgan fingerprint density at radius 1 is 1.27 bits per heavy atom. The van der Waals surface area contributed by atoms with Gasteiger partial charge in [-0.05, 0) is 13.8 Å². The van der Waals surface area contributed by atoms with E-state index in [1.165, 1.54) is 0 Å². The third-order valence-corrected chi connectivity index (χ3v) is 2.58. The van der Waals surface area contributed by atoms with Gasteiger partial charge in [-0.1, -0.05) is 20.8 Å². The Bertz CT molecular complexity index is 194. The van der Waals surface area contributed by atoms with Crippen molar-refractivity contribution in [3.63, 3.8) is 0 Å². The topological polar surface area (TPSA) is 40.5 Å². The Balaban J connectivity index is 4.05. The highest BCUT2D eigenvalue weighted by molar-refractivity contribution is 5.83. The van der Waals surface area contributed by atoms with E-state index < -0.39 is 0 Å². The van der Waals surface area contributed by atoms with Crippen LogP contribution in [0.2, 0.25) is 0 Å². The molecule has 3 nitrogen and oxygen atoms in total. The van der Waals surface area contributed by atoms with Gasteiger partial charge in [-0.2, -0.15) is 0 Å². The fourth-order valence-corrected chi connectivity index (χ4v) is 1.38. The van der Waals surface area contributed by atoms with Gasteiger partial charge in [0.25, 0.3) is 0 Å². The molecule has 0 heterocycles. The summed E-state index contributed by atoms with van der Waals surface area (Å²) in [5.74, 6) is 0.283. The number of hydrogen-bond acceptors (Lipinski definition) is 3. The molecule has 0 saturated carbocycles. The molecule has 0 saturated heterocycles.